The molecule has 1 saturated heterocycles. The van der Waals surface area contributed by atoms with Gasteiger partial charge >= 0.3 is 6.09 Å². The van der Waals surface area contributed by atoms with Crippen molar-refractivity contribution in [2.24, 2.45) is 5.92 Å². The van der Waals surface area contributed by atoms with Crippen molar-refractivity contribution in [1.82, 2.24) is 15.1 Å². The summed E-state index contributed by atoms with van der Waals surface area (Å²) in [4.78, 5) is 13.7. The summed E-state index contributed by atoms with van der Waals surface area (Å²) >= 11 is 1.51. The Bertz CT molecular complexity index is 422. The molecule has 20 heavy (non-hydrogen) atoms. The summed E-state index contributed by atoms with van der Waals surface area (Å²) in [7, 11) is 0. The van der Waals surface area contributed by atoms with Crippen molar-refractivity contribution in [3.63, 3.8) is 0 Å². The van der Waals surface area contributed by atoms with Gasteiger partial charge in [-0.05, 0) is 39.5 Å². The zero-order chi connectivity index (χ0) is 14.6. The van der Waals surface area contributed by atoms with Gasteiger partial charge in [0, 0.05) is 19.6 Å². The number of aromatic nitrogens is 2. The highest BCUT2D eigenvalue weighted by Crippen LogP contribution is 2.20. The largest absolute Gasteiger partial charge is 0.444 e. The first kappa shape index (κ1) is 15.0. The number of carbonyl (C=O) groups is 1. The maximum Gasteiger partial charge on any atom is 0.410 e. The lowest BCUT2D eigenvalue weighted by molar-refractivity contribution is 0.0188. The van der Waals surface area contributed by atoms with Crippen molar-refractivity contribution in [3.8, 4) is 0 Å². The first-order valence-corrected chi connectivity index (χ1v) is 7.80. The predicted octanol–water partition coefficient (Wildman–Crippen LogP) is 2.60. The van der Waals surface area contributed by atoms with Gasteiger partial charge in [0.15, 0.2) is 0 Å². The molecule has 1 aromatic rings. The lowest BCUT2D eigenvalue weighted by Gasteiger charge is -2.33. The van der Waals surface area contributed by atoms with Crippen LogP contribution in [0.1, 0.15) is 33.6 Å². The maximum atomic E-state index is 11.9. The van der Waals surface area contributed by atoms with Crippen LogP contribution in [0.5, 0.6) is 0 Å². The van der Waals surface area contributed by atoms with Crippen molar-refractivity contribution in [3.05, 3.63) is 5.51 Å². The van der Waals surface area contributed by atoms with E-state index in [9.17, 15) is 4.79 Å². The number of rotatable bonds is 3. The normalized spacial score (nSPS) is 17.1. The minimum atomic E-state index is -0.423. The molecule has 1 N–H and O–H groups in total. The van der Waals surface area contributed by atoms with E-state index in [1.165, 1.54) is 11.3 Å². The van der Waals surface area contributed by atoms with Gasteiger partial charge in [0.1, 0.15) is 11.1 Å². The molecule has 2 rings (SSSR count). The number of hydrogen-bond donors (Lipinski definition) is 1. The third-order valence-corrected chi connectivity index (χ3v) is 3.82. The van der Waals surface area contributed by atoms with Gasteiger partial charge in [-0.2, -0.15) is 0 Å². The fourth-order valence-electron chi connectivity index (χ4n) is 2.13. The Hall–Kier alpha value is -1.37. The Morgan fingerprint density at radius 1 is 1.50 bits per heavy atom. The smallest absolute Gasteiger partial charge is 0.410 e. The molecule has 0 aromatic carbocycles. The van der Waals surface area contributed by atoms with Gasteiger partial charge in [-0.25, -0.2) is 4.79 Å². The van der Waals surface area contributed by atoms with E-state index in [4.69, 9.17) is 4.74 Å². The van der Waals surface area contributed by atoms with E-state index in [0.717, 1.165) is 37.6 Å². The molecule has 0 aliphatic carbocycles. The summed E-state index contributed by atoms with van der Waals surface area (Å²) in [6.07, 6.45) is 1.78. The van der Waals surface area contributed by atoms with E-state index in [1.54, 1.807) is 10.4 Å². The molecule has 7 heteroatoms. The number of amides is 1. The maximum absolute atomic E-state index is 11.9. The molecule has 0 atom stereocenters. The number of nitrogens with one attached hydrogen (secondary N) is 1. The molecule has 0 radical (unpaired) electrons. The molecule has 112 valence electrons. The van der Waals surface area contributed by atoms with Crippen LogP contribution in [0.25, 0.3) is 0 Å². The Morgan fingerprint density at radius 2 is 2.20 bits per heavy atom. The number of ether oxygens (including phenoxy) is 1. The Labute approximate surface area is 123 Å². The third-order valence-electron chi connectivity index (χ3n) is 3.17. The van der Waals surface area contributed by atoms with Crippen LogP contribution >= 0.6 is 11.3 Å². The van der Waals surface area contributed by atoms with Crippen LogP contribution < -0.4 is 5.32 Å². The average Bonchev–Trinajstić information content (AvgIpc) is 2.88. The molecule has 1 aliphatic rings. The summed E-state index contributed by atoms with van der Waals surface area (Å²) in [6.45, 7) is 8.09. The molecule has 1 aliphatic heterocycles. The van der Waals surface area contributed by atoms with Gasteiger partial charge in [0.05, 0.1) is 0 Å². The monoisotopic (exact) mass is 298 g/mol. The van der Waals surface area contributed by atoms with Crippen molar-refractivity contribution < 1.29 is 9.53 Å². The zero-order valence-electron chi connectivity index (χ0n) is 12.3. The van der Waals surface area contributed by atoms with Crippen molar-refractivity contribution in [2.75, 3.05) is 25.0 Å². The van der Waals surface area contributed by atoms with Crippen LogP contribution in [-0.2, 0) is 4.74 Å². The number of piperidine rings is 1. The van der Waals surface area contributed by atoms with E-state index in [2.05, 4.69) is 15.5 Å². The predicted molar refractivity (Wildman–Crippen MR) is 78.9 cm³/mol. The highest BCUT2D eigenvalue weighted by atomic mass is 32.1. The Kier molecular flexibility index (Phi) is 4.80. The Balaban J connectivity index is 1.71. The first-order valence-electron chi connectivity index (χ1n) is 6.92. The lowest BCUT2D eigenvalue weighted by atomic mass is 9.97. The minimum absolute atomic E-state index is 0.201. The molecule has 2 heterocycles. The van der Waals surface area contributed by atoms with Gasteiger partial charge in [-0.15, -0.1) is 10.2 Å². The highest BCUT2D eigenvalue weighted by Gasteiger charge is 2.26. The van der Waals surface area contributed by atoms with Crippen LogP contribution in [0.4, 0.5) is 9.93 Å². The fraction of sp³-hybridized carbons (Fsp3) is 0.769. The van der Waals surface area contributed by atoms with Gasteiger partial charge in [0.25, 0.3) is 0 Å². The van der Waals surface area contributed by atoms with E-state index in [0.29, 0.717) is 5.92 Å². The molecule has 0 saturated carbocycles. The quantitative estimate of drug-likeness (QED) is 0.929. The molecule has 0 unspecified atom stereocenters. The third kappa shape index (κ3) is 4.63. The fourth-order valence-corrected chi connectivity index (χ4v) is 2.58. The van der Waals surface area contributed by atoms with Crippen LogP contribution in [0.2, 0.25) is 0 Å². The molecule has 0 spiro atoms. The summed E-state index contributed by atoms with van der Waals surface area (Å²) < 4.78 is 5.39. The molecule has 1 amide bonds. The topological polar surface area (TPSA) is 67.3 Å². The van der Waals surface area contributed by atoms with E-state index in [1.807, 2.05) is 20.8 Å². The van der Waals surface area contributed by atoms with Crippen LogP contribution in [0.3, 0.4) is 0 Å². The van der Waals surface area contributed by atoms with E-state index >= 15 is 0 Å². The number of carbonyl (C=O) groups excluding carboxylic acids is 1. The summed E-state index contributed by atoms with van der Waals surface area (Å²) in [5.74, 6) is 0.567. The van der Waals surface area contributed by atoms with Gasteiger partial charge < -0.3 is 15.0 Å². The van der Waals surface area contributed by atoms with Crippen molar-refractivity contribution >= 4 is 22.6 Å². The lowest BCUT2D eigenvalue weighted by Crippen LogP contribution is -2.42. The summed E-state index contributed by atoms with van der Waals surface area (Å²) in [5.41, 5.74) is 1.29. The standard InChI is InChI=1S/C13H22N4O2S/c1-13(2,3)19-12(18)17-6-4-10(5-7-17)8-14-11-16-15-9-20-11/h9-10H,4-8H2,1-3H3,(H,14,16). The second-order valence-corrected chi connectivity index (χ2v) is 6.87. The van der Waals surface area contributed by atoms with Crippen molar-refractivity contribution in [1.29, 1.82) is 0 Å². The number of hydrogen-bond acceptors (Lipinski definition) is 6. The molecule has 6 nitrogen and oxygen atoms in total. The molecule has 0 bridgehead atoms. The molecule has 1 fully saturated rings. The molecular weight excluding hydrogens is 276 g/mol. The van der Waals surface area contributed by atoms with Crippen LogP contribution in [0, 0.1) is 5.92 Å². The minimum Gasteiger partial charge on any atom is -0.444 e. The zero-order valence-corrected chi connectivity index (χ0v) is 13.1. The van der Waals surface area contributed by atoms with Gasteiger partial charge in [0.2, 0.25) is 5.13 Å². The summed E-state index contributed by atoms with van der Waals surface area (Å²) in [6, 6.07) is 0. The van der Waals surface area contributed by atoms with Crippen LogP contribution in [0.15, 0.2) is 5.51 Å². The first-order chi connectivity index (χ1) is 9.44. The van der Waals surface area contributed by atoms with Crippen molar-refractivity contribution in [2.45, 2.75) is 39.2 Å². The van der Waals surface area contributed by atoms with Crippen LogP contribution in [-0.4, -0.2) is 46.4 Å². The second-order valence-electron chi connectivity index (χ2n) is 6.04. The number of likely N-dealkylation sites (tertiary alicyclic amines) is 1. The van der Waals surface area contributed by atoms with Gasteiger partial charge in [-0.1, -0.05) is 11.3 Å². The summed E-state index contributed by atoms with van der Waals surface area (Å²) in [5, 5.41) is 11.9. The van der Waals surface area contributed by atoms with E-state index in [-0.39, 0.29) is 6.09 Å². The van der Waals surface area contributed by atoms with Gasteiger partial charge in [-0.3, -0.25) is 0 Å². The van der Waals surface area contributed by atoms with E-state index < -0.39 is 5.60 Å². The SMILES string of the molecule is CC(C)(C)OC(=O)N1CCC(CNc2nncs2)CC1. The highest BCUT2D eigenvalue weighted by molar-refractivity contribution is 7.13. The molecule has 1 aromatic heterocycles. The number of nitrogens with zero attached hydrogens (tertiary/aromatic N) is 3. The molecular formula is C13H22N4O2S. The Morgan fingerprint density at radius 3 is 2.75 bits per heavy atom. The number of anilines is 1. The second kappa shape index (κ2) is 6.39. The average molecular weight is 298 g/mol.